The summed E-state index contributed by atoms with van der Waals surface area (Å²) in [6, 6.07) is 3.86. The van der Waals surface area contributed by atoms with Gasteiger partial charge in [0.05, 0.1) is 18.2 Å². The number of nitrogens with one attached hydrogen (secondary N) is 1. The van der Waals surface area contributed by atoms with Crippen LogP contribution in [0.4, 0.5) is 0 Å². The Hall–Kier alpha value is -2.12. The maximum Gasteiger partial charge on any atom is 0.255 e. The number of carbonyl (C=O) groups is 1. The first-order chi connectivity index (χ1) is 12.3. The van der Waals surface area contributed by atoms with Crippen molar-refractivity contribution in [3.05, 3.63) is 42.5 Å². The molecular weight excluding hydrogens is 320 g/mol. The lowest BCUT2D eigenvalue weighted by Crippen LogP contribution is -2.43. The van der Waals surface area contributed by atoms with E-state index in [9.17, 15) is 4.79 Å². The number of carbonyl (C=O) groups excluding carboxylic acids is 1. The molecule has 2 saturated heterocycles. The normalized spacial score (nSPS) is 25.9. The first-order valence-electron chi connectivity index (χ1n) is 8.97. The molecular formula is C18H24N4O3. The van der Waals surface area contributed by atoms with Crippen LogP contribution in [0.3, 0.4) is 0 Å². The molecule has 0 radical (unpaired) electrons. The molecule has 0 aromatic carbocycles. The number of aromatic amines is 1. The summed E-state index contributed by atoms with van der Waals surface area (Å²) >= 11 is 0. The van der Waals surface area contributed by atoms with Crippen molar-refractivity contribution < 1.29 is 14.3 Å². The molecule has 3 atom stereocenters. The number of hydrogen-bond acceptors (Lipinski definition) is 4. The van der Waals surface area contributed by atoms with E-state index in [0.29, 0.717) is 18.7 Å². The average Bonchev–Trinajstić information content (AvgIpc) is 3.39. The second-order valence-corrected chi connectivity index (χ2v) is 6.63. The minimum atomic E-state index is -0.0502. The number of amides is 1. The Bertz CT molecular complexity index is 671. The van der Waals surface area contributed by atoms with E-state index in [1.165, 1.54) is 0 Å². The highest BCUT2D eigenvalue weighted by Gasteiger charge is 2.46. The first-order valence-corrected chi connectivity index (χ1v) is 8.97. The molecule has 0 bridgehead atoms. The van der Waals surface area contributed by atoms with Crippen molar-refractivity contribution in [2.24, 2.45) is 0 Å². The van der Waals surface area contributed by atoms with Gasteiger partial charge in [-0.25, -0.2) is 0 Å². The van der Waals surface area contributed by atoms with Crippen LogP contribution in [-0.2, 0) is 16.0 Å². The number of nitrogens with zero attached hydrogens (tertiary/aromatic N) is 3. The Morgan fingerprint density at radius 2 is 2.44 bits per heavy atom. The highest BCUT2D eigenvalue weighted by Crippen LogP contribution is 2.31. The fourth-order valence-corrected chi connectivity index (χ4v) is 3.81. The highest BCUT2D eigenvalue weighted by atomic mass is 16.5. The molecule has 0 spiro atoms. The quantitative estimate of drug-likeness (QED) is 0.810. The number of aryl methyl sites for hydroxylation is 1. The van der Waals surface area contributed by atoms with Gasteiger partial charge in [-0.15, -0.1) is 0 Å². The van der Waals surface area contributed by atoms with Crippen molar-refractivity contribution in [3.63, 3.8) is 0 Å². The molecule has 4 heterocycles. The standard InChI is InChI=1S/C18H24N4O3/c23-18(14-5-7-19-12-14)22-13-16(17-15(22)4-1-10-25-17)24-11-3-9-21-8-2-6-20-21/h2,5-8,12,15-17,19H,1,3-4,9-11,13H2/t15-,16+,17+/m1/s1. The molecule has 2 aromatic rings. The number of rotatable bonds is 6. The van der Waals surface area contributed by atoms with Gasteiger partial charge in [0.1, 0.15) is 12.2 Å². The Morgan fingerprint density at radius 1 is 1.48 bits per heavy atom. The minimum absolute atomic E-state index is 0.0126. The largest absolute Gasteiger partial charge is 0.374 e. The van der Waals surface area contributed by atoms with Crippen molar-refractivity contribution in [2.75, 3.05) is 19.8 Å². The molecule has 2 aliphatic heterocycles. The Kier molecular flexibility index (Phi) is 4.85. The zero-order valence-corrected chi connectivity index (χ0v) is 14.2. The summed E-state index contributed by atoms with van der Waals surface area (Å²) < 4.78 is 14.0. The monoisotopic (exact) mass is 344 g/mol. The average molecular weight is 344 g/mol. The van der Waals surface area contributed by atoms with Gasteiger partial charge in [0.2, 0.25) is 0 Å². The van der Waals surface area contributed by atoms with Crippen molar-refractivity contribution in [3.8, 4) is 0 Å². The van der Waals surface area contributed by atoms with Crippen LogP contribution < -0.4 is 0 Å². The topological polar surface area (TPSA) is 72.4 Å². The lowest BCUT2D eigenvalue weighted by atomic mass is 10.0. The number of aromatic nitrogens is 3. The van der Waals surface area contributed by atoms with Gasteiger partial charge in [0.15, 0.2) is 0 Å². The fraction of sp³-hybridized carbons (Fsp3) is 0.556. The fourth-order valence-electron chi connectivity index (χ4n) is 3.81. The van der Waals surface area contributed by atoms with Crippen LogP contribution in [0, 0.1) is 0 Å². The Balaban J connectivity index is 1.36. The van der Waals surface area contributed by atoms with Gasteiger partial charge in [0, 0.05) is 44.5 Å². The number of H-pyrrole nitrogens is 1. The Morgan fingerprint density at radius 3 is 3.24 bits per heavy atom. The van der Waals surface area contributed by atoms with E-state index in [1.807, 2.05) is 27.9 Å². The molecule has 25 heavy (non-hydrogen) atoms. The van der Waals surface area contributed by atoms with Crippen LogP contribution in [0.2, 0.25) is 0 Å². The van der Waals surface area contributed by atoms with Gasteiger partial charge in [0.25, 0.3) is 5.91 Å². The zero-order chi connectivity index (χ0) is 17.1. The first kappa shape index (κ1) is 16.4. The molecule has 0 unspecified atom stereocenters. The molecule has 2 fully saturated rings. The van der Waals surface area contributed by atoms with Gasteiger partial charge in [-0.3, -0.25) is 9.48 Å². The SMILES string of the molecule is O=C(c1cc[nH]c1)N1C[C@H](OCCCn2cccn2)[C@H]2OCCC[C@H]21. The summed E-state index contributed by atoms with van der Waals surface area (Å²) in [6.45, 7) is 2.82. The van der Waals surface area contributed by atoms with E-state index in [0.717, 1.165) is 32.4 Å². The van der Waals surface area contributed by atoms with Gasteiger partial charge in [-0.1, -0.05) is 0 Å². The smallest absolute Gasteiger partial charge is 0.255 e. The number of ether oxygens (including phenoxy) is 2. The van der Waals surface area contributed by atoms with Crippen molar-refractivity contribution >= 4 is 5.91 Å². The van der Waals surface area contributed by atoms with Crippen LogP contribution in [0.25, 0.3) is 0 Å². The van der Waals surface area contributed by atoms with E-state index in [2.05, 4.69) is 10.1 Å². The zero-order valence-electron chi connectivity index (χ0n) is 14.2. The van der Waals surface area contributed by atoms with E-state index < -0.39 is 0 Å². The maximum atomic E-state index is 12.8. The number of fused-ring (bicyclic) bond motifs is 1. The molecule has 4 rings (SSSR count). The van der Waals surface area contributed by atoms with Crippen molar-refractivity contribution in [1.82, 2.24) is 19.7 Å². The summed E-state index contributed by atoms with van der Waals surface area (Å²) in [5, 5.41) is 4.20. The summed E-state index contributed by atoms with van der Waals surface area (Å²) in [5.41, 5.74) is 0.698. The van der Waals surface area contributed by atoms with E-state index in [1.54, 1.807) is 18.6 Å². The van der Waals surface area contributed by atoms with Crippen molar-refractivity contribution in [1.29, 1.82) is 0 Å². The van der Waals surface area contributed by atoms with Crippen LogP contribution in [0.1, 0.15) is 29.6 Å². The van der Waals surface area contributed by atoms with Gasteiger partial charge in [-0.05, 0) is 31.4 Å². The third-order valence-electron chi connectivity index (χ3n) is 5.01. The van der Waals surface area contributed by atoms with Gasteiger partial charge in [-0.2, -0.15) is 5.10 Å². The highest BCUT2D eigenvalue weighted by molar-refractivity contribution is 5.94. The van der Waals surface area contributed by atoms with Gasteiger partial charge >= 0.3 is 0 Å². The second-order valence-electron chi connectivity index (χ2n) is 6.63. The second kappa shape index (κ2) is 7.41. The van der Waals surface area contributed by atoms with Gasteiger partial charge < -0.3 is 19.4 Å². The number of likely N-dealkylation sites (tertiary alicyclic amines) is 1. The Labute approximate surface area is 146 Å². The molecule has 7 heteroatoms. The molecule has 1 N–H and O–H groups in total. The van der Waals surface area contributed by atoms with Crippen LogP contribution in [-0.4, -0.2) is 63.6 Å². The minimum Gasteiger partial charge on any atom is -0.374 e. The van der Waals surface area contributed by atoms with E-state index in [-0.39, 0.29) is 24.2 Å². The summed E-state index contributed by atoms with van der Waals surface area (Å²) in [7, 11) is 0. The van der Waals surface area contributed by atoms with Crippen LogP contribution >= 0.6 is 0 Å². The molecule has 134 valence electrons. The molecule has 7 nitrogen and oxygen atoms in total. The predicted molar refractivity (Wildman–Crippen MR) is 91.2 cm³/mol. The summed E-state index contributed by atoms with van der Waals surface area (Å²) in [4.78, 5) is 17.7. The summed E-state index contributed by atoms with van der Waals surface area (Å²) in [5.74, 6) is 0.0596. The van der Waals surface area contributed by atoms with Crippen molar-refractivity contribution in [2.45, 2.75) is 44.1 Å². The van der Waals surface area contributed by atoms with Crippen LogP contribution in [0.5, 0.6) is 0 Å². The predicted octanol–water partition coefficient (Wildman–Crippen LogP) is 1.69. The van der Waals surface area contributed by atoms with Crippen LogP contribution in [0.15, 0.2) is 36.9 Å². The molecule has 2 aromatic heterocycles. The van der Waals surface area contributed by atoms with E-state index in [4.69, 9.17) is 9.47 Å². The molecule has 2 aliphatic rings. The maximum absolute atomic E-state index is 12.8. The number of hydrogen-bond donors (Lipinski definition) is 1. The molecule has 0 saturated carbocycles. The van der Waals surface area contributed by atoms with E-state index >= 15 is 0 Å². The lowest BCUT2D eigenvalue weighted by Gasteiger charge is -2.32. The third kappa shape index (κ3) is 3.48. The summed E-state index contributed by atoms with van der Waals surface area (Å²) in [6.07, 6.45) is 10.1. The molecule has 0 aliphatic carbocycles. The lowest BCUT2D eigenvalue weighted by molar-refractivity contribution is -0.0769. The molecule has 1 amide bonds. The third-order valence-corrected chi connectivity index (χ3v) is 5.01.